The molecule has 0 aliphatic rings. The summed E-state index contributed by atoms with van der Waals surface area (Å²) < 4.78 is 31.2. The van der Waals surface area contributed by atoms with Crippen LogP contribution in [0.5, 0.6) is 5.75 Å². The summed E-state index contributed by atoms with van der Waals surface area (Å²) in [6.45, 7) is 1.10. The van der Waals surface area contributed by atoms with E-state index in [2.05, 4.69) is 4.74 Å². The highest BCUT2D eigenvalue weighted by molar-refractivity contribution is 6.08. The fourth-order valence-corrected chi connectivity index (χ4v) is 1.22. The summed E-state index contributed by atoms with van der Waals surface area (Å²) in [4.78, 5) is 22.1. The molecule has 6 heteroatoms. The molecular formula is C11H10F2O4. The Bertz CT molecular complexity index is 471. The van der Waals surface area contributed by atoms with Crippen molar-refractivity contribution in [1.82, 2.24) is 0 Å². The number of methoxy groups -OCH3 is 1. The summed E-state index contributed by atoms with van der Waals surface area (Å²) in [5.41, 5.74) is -0.599. The maximum atomic E-state index is 13.4. The quantitative estimate of drug-likeness (QED) is 0.648. The van der Waals surface area contributed by atoms with Crippen LogP contribution in [0.15, 0.2) is 12.1 Å². The fourth-order valence-electron chi connectivity index (χ4n) is 1.22. The van der Waals surface area contributed by atoms with Crippen molar-refractivity contribution in [2.75, 3.05) is 7.11 Å². The molecule has 0 aliphatic heterocycles. The van der Waals surface area contributed by atoms with Gasteiger partial charge in [-0.15, -0.1) is 0 Å². The molecule has 0 spiro atoms. The average Bonchev–Trinajstić information content (AvgIpc) is 2.29. The molecule has 1 atom stereocenters. The van der Waals surface area contributed by atoms with Crippen molar-refractivity contribution in [1.29, 1.82) is 0 Å². The van der Waals surface area contributed by atoms with Crippen LogP contribution in [0, 0.1) is 17.6 Å². The summed E-state index contributed by atoms with van der Waals surface area (Å²) in [6, 6.07) is 1.34. The number of hydrogen-bond donors (Lipinski definition) is 1. The third-order valence-corrected chi connectivity index (χ3v) is 2.27. The van der Waals surface area contributed by atoms with Crippen LogP contribution < -0.4 is 4.74 Å². The molecule has 1 N–H and O–H groups in total. The first-order valence-corrected chi connectivity index (χ1v) is 4.68. The van der Waals surface area contributed by atoms with E-state index in [4.69, 9.17) is 5.11 Å². The Hall–Kier alpha value is -1.98. The van der Waals surface area contributed by atoms with Crippen molar-refractivity contribution in [3.05, 3.63) is 29.3 Å². The predicted octanol–water partition coefficient (Wildman–Crippen LogP) is 1.88. The standard InChI is InChI=1S/C11H10F2O4/c1-5(11(15)16)10(14)6-3-8(13)9(17-2)4-7(6)12/h3-5H,1-2H3,(H,15,16). The van der Waals surface area contributed by atoms with E-state index in [0.29, 0.717) is 12.1 Å². The van der Waals surface area contributed by atoms with Gasteiger partial charge in [0.2, 0.25) is 0 Å². The predicted molar refractivity (Wildman–Crippen MR) is 54.0 cm³/mol. The monoisotopic (exact) mass is 244 g/mol. The van der Waals surface area contributed by atoms with Gasteiger partial charge in [-0.3, -0.25) is 9.59 Å². The number of hydrogen-bond acceptors (Lipinski definition) is 3. The molecule has 0 saturated heterocycles. The van der Waals surface area contributed by atoms with Gasteiger partial charge in [-0.1, -0.05) is 0 Å². The number of rotatable bonds is 4. The third kappa shape index (κ3) is 2.58. The number of carboxylic acid groups (broad SMARTS) is 1. The second kappa shape index (κ2) is 4.90. The Morgan fingerprint density at radius 3 is 2.35 bits per heavy atom. The van der Waals surface area contributed by atoms with Crippen molar-refractivity contribution >= 4 is 11.8 Å². The largest absolute Gasteiger partial charge is 0.494 e. The lowest BCUT2D eigenvalue weighted by atomic mass is 9.99. The molecule has 1 aromatic rings. The van der Waals surface area contributed by atoms with Crippen LogP contribution in [0.25, 0.3) is 0 Å². The van der Waals surface area contributed by atoms with Crippen molar-refractivity contribution in [2.24, 2.45) is 5.92 Å². The van der Waals surface area contributed by atoms with Crippen LogP contribution in [-0.2, 0) is 4.79 Å². The molecule has 0 aromatic heterocycles. The summed E-state index contributed by atoms with van der Waals surface area (Å²) in [7, 11) is 1.15. The lowest BCUT2D eigenvalue weighted by molar-refractivity contribution is -0.139. The van der Waals surface area contributed by atoms with Gasteiger partial charge in [-0.2, -0.15) is 0 Å². The number of carbonyl (C=O) groups excluding carboxylic acids is 1. The molecule has 0 fully saturated rings. The van der Waals surface area contributed by atoms with Crippen LogP contribution >= 0.6 is 0 Å². The van der Waals surface area contributed by atoms with Gasteiger partial charge in [0.05, 0.1) is 12.7 Å². The van der Waals surface area contributed by atoms with Crippen LogP contribution in [0.4, 0.5) is 8.78 Å². The fraction of sp³-hybridized carbons (Fsp3) is 0.273. The van der Waals surface area contributed by atoms with Crippen LogP contribution in [0.2, 0.25) is 0 Å². The lowest BCUT2D eigenvalue weighted by Crippen LogP contribution is -2.21. The highest BCUT2D eigenvalue weighted by Gasteiger charge is 2.26. The number of ether oxygens (including phenoxy) is 1. The molecular weight excluding hydrogens is 234 g/mol. The normalized spacial score (nSPS) is 12.0. The van der Waals surface area contributed by atoms with Crippen LogP contribution in [-0.4, -0.2) is 24.0 Å². The minimum Gasteiger partial charge on any atom is -0.494 e. The minimum absolute atomic E-state index is 0.345. The topological polar surface area (TPSA) is 63.6 Å². The second-order valence-corrected chi connectivity index (χ2v) is 3.39. The third-order valence-electron chi connectivity index (χ3n) is 2.27. The van der Waals surface area contributed by atoms with Crippen molar-refractivity contribution in [2.45, 2.75) is 6.92 Å². The second-order valence-electron chi connectivity index (χ2n) is 3.39. The van der Waals surface area contributed by atoms with Crippen molar-refractivity contribution in [3.63, 3.8) is 0 Å². The van der Waals surface area contributed by atoms with Crippen LogP contribution in [0.1, 0.15) is 17.3 Å². The zero-order valence-corrected chi connectivity index (χ0v) is 9.16. The molecule has 0 saturated carbocycles. The van der Waals surface area contributed by atoms with Gasteiger partial charge in [-0.25, -0.2) is 8.78 Å². The molecule has 0 amide bonds. The first-order chi connectivity index (χ1) is 7.88. The van der Waals surface area contributed by atoms with Crippen LogP contribution in [0.3, 0.4) is 0 Å². The molecule has 0 heterocycles. The number of carboxylic acids is 1. The number of aliphatic carboxylic acids is 1. The average molecular weight is 244 g/mol. The Morgan fingerprint density at radius 1 is 1.29 bits per heavy atom. The van der Waals surface area contributed by atoms with Gasteiger partial charge in [-0.05, 0) is 13.0 Å². The lowest BCUT2D eigenvalue weighted by Gasteiger charge is -2.08. The summed E-state index contributed by atoms with van der Waals surface area (Å²) in [5, 5.41) is 8.61. The SMILES string of the molecule is COc1cc(F)c(C(=O)C(C)C(=O)O)cc1F. The zero-order chi connectivity index (χ0) is 13.2. The van der Waals surface area contributed by atoms with E-state index in [0.717, 1.165) is 14.0 Å². The van der Waals surface area contributed by atoms with Gasteiger partial charge < -0.3 is 9.84 Å². The maximum Gasteiger partial charge on any atom is 0.314 e. The molecule has 92 valence electrons. The van der Waals surface area contributed by atoms with Crippen molar-refractivity contribution < 1.29 is 28.2 Å². The van der Waals surface area contributed by atoms with Gasteiger partial charge in [0.25, 0.3) is 0 Å². The van der Waals surface area contributed by atoms with E-state index in [-0.39, 0.29) is 5.75 Å². The Morgan fingerprint density at radius 2 is 1.88 bits per heavy atom. The number of halogens is 2. The summed E-state index contributed by atoms with van der Waals surface area (Å²) in [6.07, 6.45) is 0. The molecule has 0 radical (unpaired) electrons. The number of Topliss-reactive ketones (excluding diaryl/α,β-unsaturated/α-hetero) is 1. The van der Waals surface area contributed by atoms with Gasteiger partial charge in [0.15, 0.2) is 17.3 Å². The Balaban J connectivity index is 3.20. The summed E-state index contributed by atoms with van der Waals surface area (Å²) >= 11 is 0. The Kier molecular flexibility index (Phi) is 3.77. The van der Waals surface area contributed by atoms with E-state index in [1.54, 1.807) is 0 Å². The Labute approximate surface area is 95.8 Å². The molecule has 17 heavy (non-hydrogen) atoms. The number of carbonyl (C=O) groups is 2. The minimum atomic E-state index is -1.43. The van der Waals surface area contributed by atoms with Gasteiger partial charge >= 0.3 is 5.97 Å². The van der Waals surface area contributed by atoms with E-state index >= 15 is 0 Å². The van der Waals surface area contributed by atoms with E-state index in [1.165, 1.54) is 0 Å². The van der Waals surface area contributed by atoms with Gasteiger partial charge in [0, 0.05) is 6.07 Å². The van der Waals surface area contributed by atoms with E-state index in [1.807, 2.05) is 0 Å². The maximum absolute atomic E-state index is 13.4. The highest BCUT2D eigenvalue weighted by Crippen LogP contribution is 2.23. The molecule has 0 bridgehead atoms. The van der Waals surface area contributed by atoms with Crippen molar-refractivity contribution in [3.8, 4) is 5.75 Å². The van der Waals surface area contributed by atoms with Gasteiger partial charge in [0.1, 0.15) is 11.7 Å². The zero-order valence-electron chi connectivity index (χ0n) is 9.16. The highest BCUT2D eigenvalue weighted by atomic mass is 19.1. The molecule has 1 rings (SSSR count). The molecule has 0 aliphatic carbocycles. The molecule has 1 unspecified atom stereocenters. The molecule has 4 nitrogen and oxygen atoms in total. The van der Waals surface area contributed by atoms with E-state index in [9.17, 15) is 18.4 Å². The molecule has 1 aromatic carbocycles. The number of ketones is 1. The smallest absolute Gasteiger partial charge is 0.314 e. The van der Waals surface area contributed by atoms with E-state index < -0.39 is 34.9 Å². The first kappa shape index (κ1) is 13.1. The summed E-state index contributed by atoms with van der Waals surface area (Å²) in [5.74, 6) is -6.10. The first-order valence-electron chi connectivity index (χ1n) is 4.68. The number of benzene rings is 1.